The number of nitrogen functional groups attached to an aromatic ring is 1. The minimum Gasteiger partial charge on any atom is -0.467 e. The molecule has 0 radical (unpaired) electrons. The van der Waals surface area contributed by atoms with Gasteiger partial charge in [-0.3, -0.25) is 0 Å². The number of methoxy groups -OCH3 is 1. The van der Waals surface area contributed by atoms with Crippen LogP contribution in [0.5, 0.6) is 0 Å². The van der Waals surface area contributed by atoms with Crippen LogP contribution < -0.4 is 10.6 Å². The molecule has 2 heterocycles. The highest BCUT2D eigenvalue weighted by molar-refractivity contribution is 6.28. The van der Waals surface area contributed by atoms with Crippen LogP contribution in [0.4, 0.5) is 11.5 Å². The number of nitrogens with zero attached hydrogens (tertiary/aromatic N) is 3. The smallest absolute Gasteiger partial charge is 0.328 e. The number of ether oxygens (including phenoxy) is 1. The van der Waals surface area contributed by atoms with Crippen LogP contribution in [0.25, 0.3) is 0 Å². The number of esters is 1. The molecule has 2 rings (SSSR count). The van der Waals surface area contributed by atoms with Crippen molar-refractivity contribution in [2.45, 2.75) is 38.6 Å². The summed E-state index contributed by atoms with van der Waals surface area (Å²) >= 11 is 5.96. The molecule has 1 fully saturated rings. The molecule has 0 bridgehead atoms. The Morgan fingerprint density at radius 1 is 1.50 bits per heavy atom. The molecule has 0 aliphatic carbocycles. The largest absolute Gasteiger partial charge is 0.467 e. The zero-order valence-corrected chi connectivity index (χ0v) is 12.5. The van der Waals surface area contributed by atoms with Gasteiger partial charge in [-0.15, -0.1) is 0 Å². The van der Waals surface area contributed by atoms with Gasteiger partial charge in [-0.05, 0) is 37.3 Å². The van der Waals surface area contributed by atoms with Gasteiger partial charge in [0.2, 0.25) is 5.28 Å². The number of carbonyl (C=O) groups is 1. The van der Waals surface area contributed by atoms with Crippen molar-refractivity contribution in [1.82, 2.24) is 9.97 Å². The first-order valence-electron chi connectivity index (χ1n) is 6.74. The lowest BCUT2D eigenvalue weighted by Crippen LogP contribution is -2.46. The molecule has 1 atom stereocenters. The Balaban J connectivity index is 2.42. The molecular formula is C13H19ClN4O2. The molecule has 1 aliphatic heterocycles. The number of halogens is 1. The quantitative estimate of drug-likeness (QED) is 0.677. The van der Waals surface area contributed by atoms with Crippen LogP contribution in [0.15, 0.2) is 0 Å². The first-order valence-corrected chi connectivity index (χ1v) is 7.12. The number of aryl methyl sites for hydroxylation is 1. The Morgan fingerprint density at radius 2 is 2.25 bits per heavy atom. The lowest BCUT2D eigenvalue weighted by molar-refractivity contribution is -0.142. The van der Waals surface area contributed by atoms with Gasteiger partial charge in [0.05, 0.1) is 18.5 Å². The van der Waals surface area contributed by atoms with E-state index in [9.17, 15) is 4.79 Å². The molecule has 7 heteroatoms. The fourth-order valence-corrected chi connectivity index (χ4v) is 2.71. The summed E-state index contributed by atoms with van der Waals surface area (Å²) < 4.78 is 4.87. The summed E-state index contributed by atoms with van der Waals surface area (Å²) in [7, 11) is 1.39. The van der Waals surface area contributed by atoms with E-state index in [0.717, 1.165) is 19.3 Å². The highest BCUT2D eigenvalue weighted by Crippen LogP contribution is 2.31. The van der Waals surface area contributed by atoms with Gasteiger partial charge in [0.1, 0.15) is 6.04 Å². The predicted molar refractivity (Wildman–Crippen MR) is 77.8 cm³/mol. The highest BCUT2D eigenvalue weighted by atomic mass is 35.5. The molecule has 0 amide bonds. The number of piperidine rings is 1. The zero-order valence-electron chi connectivity index (χ0n) is 11.7. The standard InChI is InChI=1S/C13H19ClN4O2/c1-3-8-10(15)11(17-13(14)16-8)18-7-5-4-6-9(18)12(19)20-2/h9H,3-7,15H2,1-2H3. The summed E-state index contributed by atoms with van der Waals surface area (Å²) in [5.41, 5.74) is 7.32. The first kappa shape index (κ1) is 14.8. The fourth-order valence-electron chi connectivity index (χ4n) is 2.53. The van der Waals surface area contributed by atoms with Crippen LogP contribution in [0.1, 0.15) is 31.9 Å². The summed E-state index contributed by atoms with van der Waals surface area (Å²) in [4.78, 5) is 22.1. The average Bonchev–Trinajstić information content (AvgIpc) is 2.48. The summed E-state index contributed by atoms with van der Waals surface area (Å²) in [5.74, 6) is 0.272. The van der Waals surface area contributed by atoms with Crippen molar-refractivity contribution in [2.24, 2.45) is 0 Å². The number of anilines is 2. The van der Waals surface area contributed by atoms with Crippen molar-refractivity contribution in [3.8, 4) is 0 Å². The van der Waals surface area contributed by atoms with Crippen LogP contribution in [0.2, 0.25) is 5.28 Å². The molecule has 20 heavy (non-hydrogen) atoms. The van der Waals surface area contributed by atoms with Crippen molar-refractivity contribution in [1.29, 1.82) is 0 Å². The third-order valence-electron chi connectivity index (χ3n) is 3.56. The van der Waals surface area contributed by atoms with Gasteiger partial charge in [-0.1, -0.05) is 6.92 Å². The molecule has 1 saturated heterocycles. The minimum atomic E-state index is -0.355. The summed E-state index contributed by atoms with van der Waals surface area (Å²) in [6.07, 6.45) is 3.36. The molecule has 110 valence electrons. The Hall–Kier alpha value is -1.56. The first-order chi connectivity index (χ1) is 9.58. The molecule has 6 nitrogen and oxygen atoms in total. The van der Waals surface area contributed by atoms with E-state index < -0.39 is 0 Å². The van der Waals surface area contributed by atoms with E-state index >= 15 is 0 Å². The average molecular weight is 299 g/mol. The second-order valence-corrected chi connectivity index (χ2v) is 5.10. The Kier molecular flexibility index (Phi) is 4.65. The van der Waals surface area contributed by atoms with Crippen molar-refractivity contribution in [3.05, 3.63) is 11.0 Å². The van der Waals surface area contributed by atoms with Crippen molar-refractivity contribution >= 4 is 29.1 Å². The number of carbonyl (C=O) groups excluding carboxylic acids is 1. The number of nitrogens with two attached hydrogens (primary N) is 1. The third kappa shape index (κ3) is 2.80. The topological polar surface area (TPSA) is 81.3 Å². The number of hydrogen-bond donors (Lipinski definition) is 1. The number of rotatable bonds is 3. The van der Waals surface area contributed by atoms with E-state index in [4.69, 9.17) is 22.1 Å². The monoisotopic (exact) mass is 298 g/mol. The molecule has 2 N–H and O–H groups in total. The number of hydrogen-bond acceptors (Lipinski definition) is 6. The molecule has 1 aromatic rings. The maximum absolute atomic E-state index is 11.9. The highest BCUT2D eigenvalue weighted by Gasteiger charge is 2.32. The molecular weight excluding hydrogens is 280 g/mol. The SMILES string of the molecule is CCc1nc(Cl)nc(N2CCCCC2C(=O)OC)c1N. The van der Waals surface area contributed by atoms with Gasteiger partial charge >= 0.3 is 5.97 Å². The second-order valence-electron chi connectivity index (χ2n) is 4.76. The van der Waals surface area contributed by atoms with Crippen molar-refractivity contribution in [2.75, 3.05) is 24.3 Å². The molecule has 0 saturated carbocycles. The maximum atomic E-state index is 11.9. The van der Waals surface area contributed by atoms with Crippen LogP contribution >= 0.6 is 11.6 Å². The summed E-state index contributed by atoms with van der Waals surface area (Å²) in [6, 6.07) is -0.355. The normalized spacial score (nSPS) is 18.9. The summed E-state index contributed by atoms with van der Waals surface area (Å²) in [6.45, 7) is 2.66. The lowest BCUT2D eigenvalue weighted by Gasteiger charge is -2.35. The Bertz CT molecular complexity index is 509. The Morgan fingerprint density at radius 3 is 2.90 bits per heavy atom. The van der Waals surface area contributed by atoms with Crippen molar-refractivity contribution in [3.63, 3.8) is 0 Å². The Labute approximate surface area is 123 Å². The molecule has 0 aromatic carbocycles. The van der Waals surface area contributed by atoms with Crippen LogP contribution in [0.3, 0.4) is 0 Å². The van der Waals surface area contributed by atoms with Gasteiger partial charge in [0.25, 0.3) is 0 Å². The fraction of sp³-hybridized carbons (Fsp3) is 0.615. The van der Waals surface area contributed by atoms with E-state index in [2.05, 4.69) is 9.97 Å². The van der Waals surface area contributed by atoms with Crippen LogP contribution in [-0.2, 0) is 16.0 Å². The minimum absolute atomic E-state index is 0.153. The van der Waals surface area contributed by atoms with Gasteiger partial charge in [-0.25, -0.2) is 9.78 Å². The molecule has 1 aromatic heterocycles. The van der Waals surface area contributed by atoms with Crippen molar-refractivity contribution < 1.29 is 9.53 Å². The van der Waals surface area contributed by atoms with E-state index in [1.807, 2.05) is 11.8 Å². The van der Waals surface area contributed by atoms with Crippen LogP contribution in [0, 0.1) is 0 Å². The maximum Gasteiger partial charge on any atom is 0.328 e. The van der Waals surface area contributed by atoms with Gasteiger partial charge < -0.3 is 15.4 Å². The van der Waals surface area contributed by atoms with E-state index in [1.54, 1.807) is 0 Å². The zero-order chi connectivity index (χ0) is 14.7. The third-order valence-corrected chi connectivity index (χ3v) is 3.73. The summed E-state index contributed by atoms with van der Waals surface area (Å²) in [5, 5.41) is 0.153. The van der Waals surface area contributed by atoms with Gasteiger partial charge in [-0.2, -0.15) is 4.98 Å². The van der Waals surface area contributed by atoms with Gasteiger partial charge in [0.15, 0.2) is 5.82 Å². The molecule has 0 spiro atoms. The predicted octanol–water partition coefficient (Wildman–Crippen LogP) is 1.81. The molecule has 1 aliphatic rings. The van der Waals surface area contributed by atoms with E-state index in [1.165, 1.54) is 7.11 Å². The molecule has 1 unspecified atom stereocenters. The lowest BCUT2D eigenvalue weighted by atomic mass is 10.0. The number of aromatic nitrogens is 2. The van der Waals surface area contributed by atoms with E-state index in [0.29, 0.717) is 30.2 Å². The van der Waals surface area contributed by atoms with Crippen LogP contribution in [-0.4, -0.2) is 35.6 Å². The second kappa shape index (κ2) is 6.26. The van der Waals surface area contributed by atoms with E-state index in [-0.39, 0.29) is 17.3 Å². The van der Waals surface area contributed by atoms with Gasteiger partial charge in [0, 0.05) is 6.54 Å².